The van der Waals surface area contributed by atoms with Crippen LogP contribution in [0.5, 0.6) is 11.5 Å². The summed E-state index contributed by atoms with van der Waals surface area (Å²) < 4.78 is 25.3. The predicted octanol–water partition coefficient (Wildman–Crippen LogP) is 5.62. The van der Waals surface area contributed by atoms with E-state index in [1.807, 2.05) is 6.92 Å². The van der Waals surface area contributed by atoms with E-state index < -0.39 is 0 Å². The van der Waals surface area contributed by atoms with Gasteiger partial charge in [0.1, 0.15) is 12.4 Å². The van der Waals surface area contributed by atoms with E-state index >= 15 is 0 Å². The van der Waals surface area contributed by atoms with Crippen molar-refractivity contribution in [1.82, 2.24) is 4.90 Å². The van der Waals surface area contributed by atoms with Gasteiger partial charge in [0, 0.05) is 6.54 Å². The van der Waals surface area contributed by atoms with Gasteiger partial charge in [-0.1, -0.05) is 12.1 Å². The highest BCUT2D eigenvalue weighted by molar-refractivity contribution is 9.10. The molecule has 0 radical (unpaired) electrons. The summed E-state index contributed by atoms with van der Waals surface area (Å²) >= 11 is 4.41. The van der Waals surface area contributed by atoms with Crippen LogP contribution in [0.4, 0.5) is 9.18 Å². The number of rotatable bonds is 7. The van der Waals surface area contributed by atoms with Crippen LogP contribution in [0.1, 0.15) is 25.0 Å². The number of likely N-dealkylation sites (N-methyl/N-ethyl adjacent to an activating group) is 1. The van der Waals surface area contributed by atoms with E-state index in [0.717, 1.165) is 17.3 Å². The van der Waals surface area contributed by atoms with Gasteiger partial charge in [0.25, 0.3) is 11.1 Å². The maximum atomic E-state index is 13.1. The zero-order valence-corrected chi connectivity index (χ0v) is 18.3. The Balaban J connectivity index is 1.86. The standard InChI is InChI=1S/C21H19BrFNO4S/c1-3-24-20(25)18(29-21(24)26)11-14-9-16(22)19(17(10-14)27-4-2)28-12-13-5-7-15(23)8-6-13/h5-11H,3-4,12H2,1-2H3/b18-11-. The second-order valence-corrected chi connectivity index (χ2v) is 7.95. The fraction of sp³-hybridized carbons (Fsp3) is 0.238. The molecule has 0 aliphatic carbocycles. The lowest BCUT2D eigenvalue weighted by Crippen LogP contribution is -2.27. The number of halogens is 2. The largest absolute Gasteiger partial charge is 0.490 e. The number of benzene rings is 2. The quantitative estimate of drug-likeness (QED) is 0.482. The van der Waals surface area contributed by atoms with Crippen LogP contribution in [-0.2, 0) is 11.4 Å². The first kappa shape index (κ1) is 21.4. The van der Waals surface area contributed by atoms with Crippen LogP contribution in [-0.4, -0.2) is 29.2 Å². The van der Waals surface area contributed by atoms with E-state index in [-0.39, 0.29) is 23.6 Å². The lowest BCUT2D eigenvalue weighted by Gasteiger charge is -2.15. The Kier molecular flexibility index (Phi) is 6.97. The molecule has 0 unspecified atom stereocenters. The molecule has 1 saturated heterocycles. The van der Waals surface area contributed by atoms with Crippen molar-refractivity contribution in [2.45, 2.75) is 20.5 Å². The molecule has 29 heavy (non-hydrogen) atoms. The second kappa shape index (κ2) is 9.45. The Hall–Kier alpha value is -2.32. The van der Waals surface area contributed by atoms with Gasteiger partial charge in [-0.2, -0.15) is 0 Å². The minimum Gasteiger partial charge on any atom is -0.490 e. The summed E-state index contributed by atoms with van der Waals surface area (Å²) in [5.74, 6) is 0.412. The first-order chi connectivity index (χ1) is 13.9. The zero-order chi connectivity index (χ0) is 21.0. The summed E-state index contributed by atoms with van der Waals surface area (Å²) in [6.45, 7) is 4.63. The molecule has 152 valence electrons. The second-order valence-electron chi connectivity index (χ2n) is 6.10. The molecular formula is C21H19BrFNO4S. The monoisotopic (exact) mass is 479 g/mol. The van der Waals surface area contributed by atoms with E-state index in [0.29, 0.717) is 39.6 Å². The van der Waals surface area contributed by atoms with Crippen molar-refractivity contribution in [3.8, 4) is 11.5 Å². The minimum atomic E-state index is -0.304. The molecule has 2 aromatic carbocycles. The molecule has 1 heterocycles. The molecule has 0 spiro atoms. The normalized spacial score (nSPS) is 15.3. The molecule has 0 N–H and O–H groups in total. The highest BCUT2D eigenvalue weighted by Crippen LogP contribution is 2.39. The Morgan fingerprint density at radius 1 is 1.14 bits per heavy atom. The highest BCUT2D eigenvalue weighted by atomic mass is 79.9. The number of ether oxygens (including phenoxy) is 2. The van der Waals surface area contributed by atoms with Crippen molar-refractivity contribution in [2.75, 3.05) is 13.2 Å². The third-order valence-electron chi connectivity index (χ3n) is 4.12. The van der Waals surface area contributed by atoms with Crippen molar-refractivity contribution in [2.24, 2.45) is 0 Å². The maximum absolute atomic E-state index is 13.1. The molecule has 0 bridgehead atoms. The molecule has 1 fully saturated rings. The number of nitrogens with zero attached hydrogens (tertiary/aromatic N) is 1. The predicted molar refractivity (Wildman–Crippen MR) is 114 cm³/mol. The molecule has 5 nitrogen and oxygen atoms in total. The molecule has 1 aliphatic heterocycles. The highest BCUT2D eigenvalue weighted by Gasteiger charge is 2.33. The SMILES string of the molecule is CCOc1cc(/C=C2\SC(=O)N(CC)C2=O)cc(Br)c1OCc1ccc(F)cc1. The van der Waals surface area contributed by atoms with Gasteiger partial charge in [-0.05, 0) is 83.0 Å². The van der Waals surface area contributed by atoms with Crippen LogP contribution >= 0.6 is 27.7 Å². The summed E-state index contributed by atoms with van der Waals surface area (Å²) in [6, 6.07) is 9.62. The van der Waals surface area contributed by atoms with Crippen molar-refractivity contribution < 1.29 is 23.5 Å². The molecule has 8 heteroatoms. The van der Waals surface area contributed by atoms with Crippen LogP contribution in [0.25, 0.3) is 6.08 Å². The topological polar surface area (TPSA) is 55.8 Å². The molecule has 3 rings (SSSR count). The first-order valence-corrected chi connectivity index (χ1v) is 10.6. The Bertz CT molecular complexity index is 962. The van der Waals surface area contributed by atoms with Gasteiger partial charge >= 0.3 is 0 Å². The molecule has 0 saturated carbocycles. The van der Waals surface area contributed by atoms with Crippen LogP contribution in [0.15, 0.2) is 45.8 Å². The molecule has 1 aliphatic rings. The van der Waals surface area contributed by atoms with Gasteiger partial charge in [0.05, 0.1) is 16.0 Å². The first-order valence-electron chi connectivity index (χ1n) is 9.01. The smallest absolute Gasteiger partial charge is 0.293 e. The van der Waals surface area contributed by atoms with Gasteiger partial charge in [-0.25, -0.2) is 4.39 Å². The molecule has 2 aromatic rings. The van der Waals surface area contributed by atoms with Crippen molar-refractivity contribution in [3.63, 3.8) is 0 Å². The van der Waals surface area contributed by atoms with Crippen molar-refractivity contribution in [3.05, 3.63) is 62.7 Å². The Morgan fingerprint density at radius 3 is 2.48 bits per heavy atom. The number of carbonyl (C=O) groups is 2. The third kappa shape index (κ3) is 5.00. The van der Waals surface area contributed by atoms with E-state index in [1.165, 1.54) is 17.0 Å². The van der Waals surface area contributed by atoms with Crippen molar-refractivity contribution in [1.29, 1.82) is 0 Å². The third-order valence-corrected chi connectivity index (χ3v) is 5.61. The Morgan fingerprint density at radius 2 is 1.86 bits per heavy atom. The summed E-state index contributed by atoms with van der Waals surface area (Å²) in [5, 5.41) is -0.271. The van der Waals surface area contributed by atoms with Crippen LogP contribution in [0.3, 0.4) is 0 Å². The van der Waals surface area contributed by atoms with Crippen LogP contribution < -0.4 is 9.47 Å². The average Bonchev–Trinajstić information content (AvgIpc) is 2.95. The summed E-state index contributed by atoms with van der Waals surface area (Å²) in [5.41, 5.74) is 1.52. The lowest BCUT2D eigenvalue weighted by atomic mass is 10.1. The Labute approximate surface area is 181 Å². The van der Waals surface area contributed by atoms with E-state index in [4.69, 9.17) is 9.47 Å². The number of hydrogen-bond donors (Lipinski definition) is 0. The average molecular weight is 480 g/mol. The van der Waals surface area contributed by atoms with E-state index in [9.17, 15) is 14.0 Å². The molecule has 2 amide bonds. The van der Waals surface area contributed by atoms with Crippen molar-refractivity contribution >= 4 is 44.9 Å². The van der Waals surface area contributed by atoms with Gasteiger partial charge in [0.15, 0.2) is 11.5 Å². The van der Waals surface area contributed by atoms with Crippen LogP contribution in [0.2, 0.25) is 0 Å². The number of carbonyl (C=O) groups excluding carboxylic acids is 2. The van der Waals surface area contributed by atoms with Gasteiger partial charge in [0.2, 0.25) is 0 Å². The van der Waals surface area contributed by atoms with Gasteiger partial charge < -0.3 is 9.47 Å². The number of thioether (sulfide) groups is 1. The zero-order valence-electron chi connectivity index (χ0n) is 15.9. The summed E-state index contributed by atoms with van der Waals surface area (Å²) in [7, 11) is 0. The minimum absolute atomic E-state index is 0.244. The maximum Gasteiger partial charge on any atom is 0.293 e. The summed E-state index contributed by atoms with van der Waals surface area (Å²) in [4.78, 5) is 25.8. The van der Waals surface area contributed by atoms with Crippen LogP contribution in [0, 0.1) is 5.82 Å². The van der Waals surface area contributed by atoms with E-state index in [1.54, 1.807) is 37.3 Å². The summed E-state index contributed by atoms with van der Waals surface area (Å²) in [6.07, 6.45) is 1.66. The van der Waals surface area contributed by atoms with Gasteiger partial charge in [-0.3, -0.25) is 14.5 Å². The number of amides is 2. The van der Waals surface area contributed by atoms with E-state index in [2.05, 4.69) is 15.9 Å². The number of imide groups is 1. The van der Waals surface area contributed by atoms with Gasteiger partial charge in [-0.15, -0.1) is 0 Å². The molecule has 0 atom stereocenters. The number of hydrogen-bond acceptors (Lipinski definition) is 5. The fourth-order valence-corrected chi connectivity index (χ4v) is 4.21. The lowest BCUT2D eigenvalue weighted by molar-refractivity contribution is -0.122. The molecular weight excluding hydrogens is 461 g/mol. The molecule has 0 aromatic heterocycles. The fourth-order valence-electron chi connectivity index (χ4n) is 2.73.